The molecule has 0 radical (unpaired) electrons. The Bertz CT molecular complexity index is 486. The summed E-state index contributed by atoms with van der Waals surface area (Å²) in [6, 6.07) is 0.496. The molecule has 0 saturated heterocycles. The minimum absolute atomic E-state index is 0.281. The van der Waals surface area contributed by atoms with Crippen molar-refractivity contribution in [1.82, 2.24) is 9.97 Å². The van der Waals surface area contributed by atoms with Gasteiger partial charge in [-0.25, -0.2) is 15.8 Å². The Labute approximate surface area is 128 Å². The van der Waals surface area contributed by atoms with E-state index in [0.29, 0.717) is 11.9 Å². The lowest BCUT2D eigenvalue weighted by atomic mass is 9.79. The second-order valence-electron chi connectivity index (χ2n) is 6.81. The Morgan fingerprint density at radius 3 is 2.33 bits per heavy atom. The van der Waals surface area contributed by atoms with Gasteiger partial charge in [0.05, 0.1) is 0 Å². The molecule has 0 spiro atoms. The van der Waals surface area contributed by atoms with Gasteiger partial charge in [-0.3, -0.25) is 0 Å². The molecule has 0 bridgehead atoms. The molecule has 2 rings (SSSR count). The molecule has 0 amide bonds. The summed E-state index contributed by atoms with van der Waals surface area (Å²) in [7, 11) is 0. The van der Waals surface area contributed by atoms with Crippen molar-refractivity contribution in [2.24, 2.45) is 17.7 Å². The predicted molar refractivity (Wildman–Crippen MR) is 88.3 cm³/mol. The highest BCUT2D eigenvalue weighted by Crippen LogP contribution is 2.32. The number of nitrogens with one attached hydrogen (secondary N) is 2. The van der Waals surface area contributed by atoms with Crippen LogP contribution in [-0.2, 0) is 0 Å². The van der Waals surface area contributed by atoms with E-state index >= 15 is 0 Å². The van der Waals surface area contributed by atoms with Gasteiger partial charge in [-0.1, -0.05) is 27.7 Å². The van der Waals surface area contributed by atoms with Gasteiger partial charge in [0.15, 0.2) is 0 Å². The molecule has 1 aliphatic rings. The molecule has 0 aliphatic heterocycles. The highest BCUT2D eigenvalue weighted by Gasteiger charge is 2.25. The SMILES string of the molecule is Cc1c(NN)nc(C(C)C)nc1NC1CCC(C)C(C)C1. The highest BCUT2D eigenvalue weighted by molar-refractivity contribution is 5.57. The Kier molecular flexibility index (Phi) is 5.04. The monoisotopic (exact) mass is 291 g/mol. The summed E-state index contributed by atoms with van der Waals surface area (Å²) >= 11 is 0. The Balaban J connectivity index is 2.20. The van der Waals surface area contributed by atoms with E-state index in [1.165, 1.54) is 19.3 Å². The number of nitrogen functional groups attached to an aromatic ring is 1. The van der Waals surface area contributed by atoms with E-state index in [-0.39, 0.29) is 5.92 Å². The molecule has 0 aromatic carbocycles. The molecule has 1 fully saturated rings. The molecule has 1 aromatic heterocycles. The van der Waals surface area contributed by atoms with Crippen LogP contribution < -0.4 is 16.6 Å². The molecule has 4 N–H and O–H groups in total. The summed E-state index contributed by atoms with van der Waals surface area (Å²) in [4.78, 5) is 9.18. The van der Waals surface area contributed by atoms with Gasteiger partial charge in [-0.15, -0.1) is 0 Å². The van der Waals surface area contributed by atoms with Gasteiger partial charge in [0, 0.05) is 17.5 Å². The van der Waals surface area contributed by atoms with Gasteiger partial charge >= 0.3 is 0 Å². The number of nitrogens with two attached hydrogens (primary N) is 1. The van der Waals surface area contributed by atoms with Gasteiger partial charge in [0.1, 0.15) is 17.5 Å². The van der Waals surface area contributed by atoms with Crippen molar-refractivity contribution >= 4 is 11.6 Å². The van der Waals surface area contributed by atoms with Crippen LogP contribution in [0, 0.1) is 18.8 Å². The van der Waals surface area contributed by atoms with Crippen molar-refractivity contribution in [3.8, 4) is 0 Å². The molecule has 1 aromatic rings. The standard InChI is InChI=1S/C16H29N5/c1-9(2)14-19-15(12(5)16(20-14)21-17)18-13-7-6-10(3)11(4)8-13/h9-11,13H,6-8,17H2,1-5H3,(H2,18,19,20,21). The first-order valence-corrected chi connectivity index (χ1v) is 8.04. The molecule has 118 valence electrons. The van der Waals surface area contributed by atoms with Crippen molar-refractivity contribution in [2.75, 3.05) is 10.7 Å². The average molecular weight is 291 g/mol. The third kappa shape index (κ3) is 3.64. The Morgan fingerprint density at radius 2 is 1.76 bits per heavy atom. The van der Waals surface area contributed by atoms with E-state index in [4.69, 9.17) is 10.8 Å². The quantitative estimate of drug-likeness (QED) is 0.585. The van der Waals surface area contributed by atoms with Crippen molar-refractivity contribution < 1.29 is 0 Å². The second kappa shape index (κ2) is 6.60. The van der Waals surface area contributed by atoms with Crippen LogP contribution in [0.2, 0.25) is 0 Å². The molecule has 5 nitrogen and oxygen atoms in total. The van der Waals surface area contributed by atoms with E-state index in [0.717, 1.165) is 29.0 Å². The van der Waals surface area contributed by atoms with E-state index in [1.54, 1.807) is 0 Å². The topological polar surface area (TPSA) is 75.9 Å². The van der Waals surface area contributed by atoms with Crippen LogP contribution in [0.4, 0.5) is 11.6 Å². The fourth-order valence-electron chi connectivity index (χ4n) is 2.95. The number of rotatable bonds is 4. The third-order valence-corrected chi connectivity index (χ3v) is 4.76. The largest absolute Gasteiger partial charge is 0.367 e. The maximum atomic E-state index is 5.59. The summed E-state index contributed by atoms with van der Waals surface area (Å²) in [6.45, 7) is 10.9. The summed E-state index contributed by atoms with van der Waals surface area (Å²) in [5.41, 5.74) is 3.69. The van der Waals surface area contributed by atoms with Crippen molar-refractivity contribution in [1.29, 1.82) is 0 Å². The molecule has 5 heteroatoms. The normalized spacial score (nSPS) is 26.0. The van der Waals surface area contributed by atoms with Gasteiger partial charge in [0.25, 0.3) is 0 Å². The maximum Gasteiger partial charge on any atom is 0.148 e. The molecule has 21 heavy (non-hydrogen) atoms. The third-order valence-electron chi connectivity index (χ3n) is 4.76. The highest BCUT2D eigenvalue weighted by atomic mass is 15.3. The number of aromatic nitrogens is 2. The molecule has 3 atom stereocenters. The average Bonchev–Trinajstić information content (AvgIpc) is 2.44. The van der Waals surface area contributed by atoms with Crippen molar-refractivity contribution in [2.45, 2.75) is 65.8 Å². The molecule has 1 aliphatic carbocycles. The zero-order chi connectivity index (χ0) is 15.6. The molecular formula is C16H29N5. The first-order chi connectivity index (χ1) is 9.92. The van der Waals surface area contributed by atoms with E-state index in [2.05, 4.69) is 43.4 Å². The lowest BCUT2D eigenvalue weighted by molar-refractivity contribution is 0.260. The van der Waals surface area contributed by atoms with Crippen LogP contribution in [0.15, 0.2) is 0 Å². The Hall–Kier alpha value is -1.36. The molecule has 3 unspecified atom stereocenters. The smallest absolute Gasteiger partial charge is 0.148 e. The number of hydrogen-bond acceptors (Lipinski definition) is 5. The summed E-state index contributed by atoms with van der Waals surface area (Å²) in [6.07, 6.45) is 3.69. The van der Waals surface area contributed by atoms with Gasteiger partial charge in [-0.05, 0) is 38.0 Å². The number of hydrogen-bond donors (Lipinski definition) is 3. The van der Waals surface area contributed by atoms with Crippen molar-refractivity contribution in [3.63, 3.8) is 0 Å². The predicted octanol–water partition coefficient (Wildman–Crippen LogP) is 3.43. The van der Waals surface area contributed by atoms with Crippen LogP contribution in [0.3, 0.4) is 0 Å². The zero-order valence-corrected chi connectivity index (χ0v) is 13.9. The number of anilines is 2. The zero-order valence-electron chi connectivity index (χ0n) is 13.9. The van der Waals surface area contributed by atoms with Crippen LogP contribution in [0.5, 0.6) is 0 Å². The first kappa shape index (κ1) is 16.0. The molecule has 1 saturated carbocycles. The minimum atomic E-state index is 0.281. The summed E-state index contributed by atoms with van der Waals surface area (Å²) < 4.78 is 0. The first-order valence-electron chi connectivity index (χ1n) is 8.04. The number of nitrogens with zero attached hydrogens (tertiary/aromatic N) is 2. The fourth-order valence-corrected chi connectivity index (χ4v) is 2.95. The van der Waals surface area contributed by atoms with E-state index in [9.17, 15) is 0 Å². The summed E-state index contributed by atoms with van der Waals surface area (Å²) in [5.74, 6) is 9.92. The van der Waals surface area contributed by atoms with Crippen LogP contribution in [0.25, 0.3) is 0 Å². The lowest BCUT2D eigenvalue weighted by Gasteiger charge is -2.33. The second-order valence-corrected chi connectivity index (χ2v) is 6.81. The van der Waals surface area contributed by atoms with Crippen LogP contribution in [0.1, 0.15) is 64.3 Å². The van der Waals surface area contributed by atoms with Gasteiger partial charge in [-0.2, -0.15) is 0 Å². The van der Waals surface area contributed by atoms with Gasteiger partial charge < -0.3 is 10.7 Å². The van der Waals surface area contributed by atoms with E-state index in [1.807, 2.05) is 6.92 Å². The Morgan fingerprint density at radius 1 is 1.10 bits per heavy atom. The van der Waals surface area contributed by atoms with Crippen LogP contribution in [-0.4, -0.2) is 16.0 Å². The van der Waals surface area contributed by atoms with Crippen LogP contribution >= 0.6 is 0 Å². The molecular weight excluding hydrogens is 262 g/mol. The minimum Gasteiger partial charge on any atom is -0.367 e. The number of hydrazine groups is 1. The lowest BCUT2D eigenvalue weighted by Crippen LogP contribution is -2.31. The molecule has 1 heterocycles. The summed E-state index contributed by atoms with van der Waals surface area (Å²) in [5, 5.41) is 3.62. The van der Waals surface area contributed by atoms with Gasteiger partial charge in [0.2, 0.25) is 0 Å². The van der Waals surface area contributed by atoms with E-state index < -0.39 is 0 Å². The van der Waals surface area contributed by atoms with Crippen molar-refractivity contribution in [3.05, 3.63) is 11.4 Å². The fraction of sp³-hybridized carbons (Fsp3) is 0.750. The maximum absolute atomic E-state index is 5.59.